The molecule has 3 nitrogen and oxygen atoms in total. The van der Waals surface area contributed by atoms with Crippen LogP contribution in [0.5, 0.6) is 0 Å². The van der Waals surface area contributed by atoms with Crippen LogP contribution in [-0.2, 0) is 0 Å². The highest BCUT2D eigenvalue weighted by Crippen LogP contribution is 2.20. The second-order valence-electron chi connectivity index (χ2n) is 4.14. The maximum Gasteiger partial charge on any atom is 0.256 e. The van der Waals surface area contributed by atoms with Gasteiger partial charge in [-0.1, -0.05) is 6.07 Å². The maximum absolute atomic E-state index is 13.1. The summed E-state index contributed by atoms with van der Waals surface area (Å²) in [7, 11) is 0. The summed E-state index contributed by atoms with van der Waals surface area (Å²) in [5, 5.41) is 2.52. The quantitative estimate of drug-likeness (QED) is 0.817. The van der Waals surface area contributed by atoms with Crippen LogP contribution in [-0.4, -0.2) is 5.91 Å². The van der Waals surface area contributed by atoms with Crippen molar-refractivity contribution in [3.05, 3.63) is 59.2 Å². The van der Waals surface area contributed by atoms with E-state index >= 15 is 0 Å². The molecule has 0 saturated heterocycles. The van der Waals surface area contributed by atoms with Crippen molar-refractivity contribution in [1.82, 2.24) is 0 Å². The van der Waals surface area contributed by atoms with Crippen molar-refractivity contribution in [2.45, 2.75) is 6.92 Å². The first-order valence-electron chi connectivity index (χ1n) is 5.60. The fourth-order valence-corrected chi connectivity index (χ4v) is 1.68. The van der Waals surface area contributed by atoms with Crippen molar-refractivity contribution in [3.8, 4) is 0 Å². The summed E-state index contributed by atoms with van der Waals surface area (Å²) in [6, 6.07) is 7.58. The summed E-state index contributed by atoms with van der Waals surface area (Å²) in [6.45, 7) is 1.70. The van der Waals surface area contributed by atoms with Gasteiger partial charge in [0.05, 0.1) is 11.4 Å². The van der Waals surface area contributed by atoms with Gasteiger partial charge in [0.25, 0.3) is 5.91 Å². The van der Waals surface area contributed by atoms with E-state index < -0.39 is 17.5 Å². The Morgan fingerprint density at radius 3 is 2.42 bits per heavy atom. The van der Waals surface area contributed by atoms with E-state index in [0.29, 0.717) is 5.56 Å². The van der Waals surface area contributed by atoms with Crippen molar-refractivity contribution in [3.63, 3.8) is 0 Å². The van der Waals surface area contributed by atoms with E-state index in [-0.39, 0.29) is 16.9 Å². The summed E-state index contributed by atoms with van der Waals surface area (Å²) in [5.41, 5.74) is 6.84. The molecule has 0 unspecified atom stereocenters. The number of rotatable bonds is 2. The van der Waals surface area contributed by atoms with Crippen LogP contribution in [0.15, 0.2) is 36.4 Å². The van der Waals surface area contributed by atoms with Crippen molar-refractivity contribution in [1.29, 1.82) is 0 Å². The minimum Gasteiger partial charge on any atom is -0.397 e. The molecule has 2 aromatic rings. The zero-order valence-electron chi connectivity index (χ0n) is 10.2. The van der Waals surface area contributed by atoms with Crippen molar-refractivity contribution in [2.75, 3.05) is 11.1 Å². The van der Waals surface area contributed by atoms with E-state index in [1.165, 1.54) is 24.3 Å². The lowest BCUT2D eigenvalue weighted by Gasteiger charge is -2.10. The normalized spacial score (nSPS) is 10.3. The van der Waals surface area contributed by atoms with Crippen LogP contribution in [0.4, 0.5) is 20.2 Å². The number of hydrogen-bond acceptors (Lipinski definition) is 2. The van der Waals surface area contributed by atoms with Crippen LogP contribution < -0.4 is 11.1 Å². The molecule has 1 amide bonds. The minimum atomic E-state index is -0.497. The molecule has 0 fully saturated rings. The van der Waals surface area contributed by atoms with Crippen molar-refractivity contribution >= 4 is 17.3 Å². The lowest BCUT2D eigenvalue weighted by molar-refractivity contribution is 0.102. The third kappa shape index (κ3) is 2.88. The SMILES string of the molecule is Cc1ccc(F)cc1C(=O)Nc1ccc(F)cc1N. The highest BCUT2D eigenvalue weighted by atomic mass is 19.1. The number of carbonyl (C=O) groups excluding carboxylic acids is 1. The molecular weight excluding hydrogens is 250 g/mol. The molecule has 98 valence electrons. The van der Waals surface area contributed by atoms with E-state index in [4.69, 9.17) is 5.73 Å². The smallest absolute Gasteiger partial charge is 0.256 e. The summed E-state index contributed by atoms with van der Waals surface area (Å²) in [6.07, 6.45) is 0. The van der Waals surface area contributed by atoms with E-state index in [1.54, 1.807) is 6.92 Å². The molecule has 0 spiro atoms. The number of halogens is 2. The average molecular weight is 262 g/mol. The number of benzene rings is 2. The third-order valence-corrected chi connectivity index (χ3v) is 2.71. The topological polar surface area (TPSA) is 55.1 Å². The number of nitrogens with two attached hydrogens (primary N) is 1. The number of aryl methyl sites for hydroxylation is 1. The molecule has 0 aromatic heterocycles. The predicted molar refractivity (Wildman–Crippen MR) is 69.9 cm³/mol. The molecule has 2 aromatic carbocycles. The second-order valence-corrected chi connectivity index (χ2v) is 4.14. The molecule has 0 heterocycles. The summed E-state index contributed by atoms with van der Waals surface area (Å²) >= 11 is 0. The van der Waals surface area contributed by atoms with Gasteiger partial charge in [0.1, 0.15) is 11.6 Å². The Hall–Kier alpha value is -2.43. The summed E-state index contributed by atoms with van der Waals surface area (Å²) < 4.78 is 26.0. The third-order valence-electron chi connectivity index (χ3n) is 2.71. The molecule has 0 aliphatic carbocycles. The highest BCUT2D eigenvalue weighted by molar-refractivity contribution is 6.06. The van der Waals surface area contributed by atoms with Crippen molar-refractivity contribution in [2.24, 2.45) is 0 Å². The van der Waals surface area contributed by atoms with Crippen LogP contribution in [0.2, 0.25) is 0 Å². The monoisotopic (exact) mass is 262 g/mol. The van der Waals surface area contributed by atoms with Gasteiger partial charge in [0, 0.05) is 5.56 Å². The predicted octanol–water partition coefficient (Wildman–Crippen LogP) is 3.11. The van der Waals surface area contributed by atoms with Gasteiger partial charge in [-0.2, -0.15) is 0 Å². The Morgan fingerprint density at radius 1 is 1.11 bits per heavy atom. The lowest BCUT2D eigenvalue weighted by Crippen LogP contribution is -2.14. The zero-order valence-corrected chi connectivity index (χ0v) is 10.2. The van der Waals surface area contributed by atoms with Crippen molar-refractivity contribution < 1.29 is 13.6 Å². The lowest BCUT2D eigenvalue weighted by atomic mass is 10.1. The first kappa shape index (κ1) is 13.0. The van der Waals surface area contributed by atoms with Gasteiger partial charge in [-0.25, -0.2) is 8.78 Å². The Labute approximate surface area is 109 Å². The molecule has 5 heteroatoms. The number of nitrogen functional groups attached to an aromatic ring is 1. The second kappa shape index (κ2) is 5.06. The van der Waals surface area contributed by atoms with Gasteiger partial charge < -0.3 is 11.1 Å². The summed E-state index contributed by atoms with van der Waals surface area (Å²) in [5.74, 6) is -1.48. The van der Waals surface area contributed by atoms with E-state index in [9.17, 15) is 13.6 Å². The molecule has 0 atom stereocenters. The highest BCUT2D eigenvalue weighted by Gasteiger charge is 2.12. The number of carbonyl (C=O) groups is 1. The van der Waals surface area contributed by atoms with Gasteiger partial charge in [0.15, 0.2) is 0 Å². The van der Waals surface area contributed by atoms with Gasteiger partial charge in [-0.3, -0.25) is 4.79 Å². The van der Waals surface area contributed by atoms with Crippen LogP contribution in [0, 0.1) is 18.6 Å². The molecular formula is C14H12F2N2O. The first-order chi connectivity index (χ1) is 8.97. The molecule has 0 saturated carbocycles. The van der Waals surface area contributed by atoms with Crippen LogP contribution >= 0.6 is 0 Å². The van der Waals surface area contributed by atoms with Crippen LogP contribution in [0.1, 0.15) is 15.9 Å². The largest absolute Gasteiger partial charge is 0.397 e. The molecule has 2 rings (SSSR count). The van der Waals surface area contributed by atoms with E-state index in [2.05, 4.69) is 5.32 Å². The van der Waals surface area contributed by atoms with Crippen LogP contribution in [0.25, 0.3) is 0 Å². The van der Waals surface area contributed by atoms with E-state index in [0.717, 1.165) is 12.1 Å². The molecule has 0 aliphatic rings. The fraction of sp³-hybridized carbons (Fsp3) is 0.0714. The van der Waals surface area contributed by atoms with Gasteiger partial charge >= 0.3 is 0 Å². The van der Waals surface area contributed by atoms with E-state index in [1.807, 2.05) is 0 Å². The molecule has 3 N–H and O–H groups in total. The maximum atomic E-state index is 13.1. The Bertz CT molecular complexity index is 641. The minimum absolute atomic E-state index is 0.113. The molecule has 0 radical (unpaired) electrons. The number of hydrogen-bond donors (Lipinski definition) is 2. The number of amides is 1. The van der Waals surface area contributed by atoms with Gasteiger partial charge in [0.2, 0.25) is 0 Å². The average Bonchev–Trinajstić information content (AvgIpc) is 2.35. The Balaban J connectivity index is 2.28. The first-order valence-corrected chi connectivity index (χ1v) is 5.60. The van der Waals surface area contributed by atoms with Gasteiger partial charge in [-0.15, -0.1) is 0 Å². The zero-order chi connectivity index (χ0) is 14.0. The number of anilines is 2. The van der Waals surface area contributed by atoms with Gasteiger partial charge in [-0.05, 0) is 42.8 Å². The standard InChI is InChI=1S/C14H12F2N2O/c1-8-2-3-9(15)6-11(8)14(19)18-13-5-4-10(16)7-12(13)17/h2-7H,17H2,1H3,(H,18,19). The molecule has 0 aliphatic heterocycles. The fourth-order valence-electron chi connectivity index (χ4n) is 1.68. The molecule has 19 heavy (non-hydrogen) atoms. The number of nitrogens with one attached hydrogen (secondary N) is 1. The Morgan fingerprint density at radius 2 is 1.74 bits per heavy atom. The summed E-state index contributed by atoms with van der Waals surface area (Å²) in [4.78, 5) is 12.0. The Kier molecular flexibility index (Phi) is 3.46. The van der Waals surface area contributed by atoms with Crippen LogP contribution in [0.3, 0.4) is 0 Å². The molecule has 0 bridgehead atoms.